The lowest BCUT2D eigenvalue weighted by Crippen LogP contribution is -2.53. The number of phenols is 1. The van der Waals surface area contributed by atoms with E-state index in [9.17, 15) is 19.5 Å². The number of nitrogens with one attached hydrogen (secondary N) is 2. The van der Waals surface area contributed by atoms with Crippen LogP contribution < -0.4 is 10.6 Å². The van der Waals surface area contributed by atoms with Crippen LogP contribution in [0.2, 0.25) is 5.02 Å². The van der Waals surface area contributed by atoms with Gasteiger partial charge in [-0.1, -0.05) is 72.1 Å². The minimum absolute atomic E-state index is 0.0840. The number of ether oxygens (including phenoxy) is 1. The van der Waals surface area contributed by atoms with Gasteiger partial charge in [0.25, 0.3) is 5.91 Å². The van der Waals surface area contributed by atoms with Crippen molar-refractivity contribution in [2.75, 3.05) is 11.9 Å². The predicted octanol–water partition coefficient (Wildman–Crippen LogP) is 7.03. The molecule has 0 saturated carbocycles. The van der Waals surface area contributed by atoms with Gasteiger partial charge in [-0.25, -0.2) is 4.79 Å². The van der Waals surface area contributed by atoms with Crippen molar-refractivity contribution in [1.82, 2.24) is 10.2 Å². The number of carbonyl (C=O) groups is 3. The van der Waals surface area contributed by atoms with Gasteiger partial charge in [0, 0.05) is 13.0 Å². The molecule has 0 aromatic heterocycles. The molecule has 0 bridgehead atoms. The van der Waals surface area contributed by atoms with Crippen LogP contribution in [0.1, 0.15) is 68.0 Å². The van der Waals surface area contributed by atoms with E-state index >= 15 is 0 Å². The van der Waals surface area contributed by atoms with Gasteiger partial charge in [0.1, 0.15) is 23.4 Å². The van der Waals surface area contributed by atoms with Gasteiger partial charge >= 0.3 is 6.09 Å². The van der Waals surface area contributed by atoms with Crippen LogP contribution in [-0.4, -0.2) is 46.1 Å². The fraction of sp³-hybridized carbons (Fsp3) is 0.382. The van der Waals surface area contributed by atoms with E-state index in [0.29, 0.717) is 28.3 Å². The number of para-hydroxylation sites is 1. The van der Waals surface area contributed by atoms with Crippen LogP contribution in [0, 0.1) is 20.8 Å². The molecule has 0 saturated heterocycles. The van der Waals surface area contributed by atoms with E-state index in [2.05, 4.69) is 10.6 Å². The van der Waals surface area contributed by atoms with E-state index in [4.69, 9.17) is 16.3 Å². The van der Waals surface area contributed by atoms with Gasteiger partial charge in [0.2, 0.25) is 5.91 Å². The van der Waals surface area contributed by atoms with E-state index in [1.165, 1.54) is 17.0 Å². The molecule has 2 atom stereocenters. The zero-order valence-electron chi connectivity index (χ0n) is 26.0. The Hall–Kier alpha value is -4.04. The lowest BCUT2D eigenvalue weighted by atomic mass is 9.97. The van der Waals surface area contributed by atoms with Gasteiger partial charge in [0.05, 0.1) is 10.7 Å². The number of hydrogen-bond donors (Lipinski definition) is 3. The molecule has 0 aliphatic rings. The maximum atomic E-state index is 14.5. The minimum atomic E-state index is -1.06. The van der Waals surface area contributed by atoms with Crippen molar-refractivity contribution in [2.45, 2.75) is 79.0 Å². The number of anilines is 1. The number of aryl methyl sites for hydroxylation is 3. The van der Waals surface area contributed by atoms with Crippen molar-refractivity contribution >= 4 is 35.2 Å². The van der Waals surface area contributed by atoms with Gasteiger partial charge in [-0.3, -0.25) is 9.59 Å². The molecule has 9 heteroatoms. The molecule has 0 radical (unpaired) electrons. The second kappa shape index (κ2) is 14.4. The molecular weight excluding hydrogens is 566 g/mol. The molecule has 3 amide bonds. The first-order valence-corrected chi connectivity index (χ1v) is 14.8. The summed E-state index contributed by atoms with van der Waals surface area (Å²) in [6.45, 7) is 13.1. The third kappa shape index (κ3) is 9.48. The van der Waals surface area contributed by atoms with Crippen LogP contribution in [0.3, 0.4) is 0 Å². The molecule has 0 aliphatic carbocycles. The maximum absolute atomic E-state index is 14.5. The lowest BCUT2D eigenvalue weighted by Gasteiger charge is -2.35. The number of aromatic hydroxyl groups is 1. The quantitative estimate of drug-likeness (QED) is 0.229. The largest absolute Gasteiger partial charge is 0.508 e. The molecule has 0 aliphatic heterocycles. The van der Waals surface area contributed by atoms with Crippen molar-refractivity contribution in [3.05, 3.63) is 93.5 Å². The lowest BCUT2D eigenvalue weighted by molar-refractivity contribution is -0.140. The average Bonchev–Trinajstić information content (AvgIpc) is 2.89. The van der Waals surface area contributed by atoms with E-state index in [1.807, 2.05) is 52.0 Å². The average molecular weight is 608 g/mol. The fourth-order valence-electron chi connectivity index (χ4n) is 4.95. The van der Waals surface area contributed by atoms with E-state index in [-0.39, 0.29) is 18.7 Å². The molecule has 3 rings (SSSR count). The number of nitrogens with zero attached hydrogens (tertiary/aromatic N) is 1. The Kier molecular flexibility index (Phi) is 11.2. The number of amides is 3. The van der Waals surface area contributed by atoms with Crippen LogP contribution >= 0.6 is 11.6 Å². The molecule has 230 valence electrons. The first-order valence-electron chi connectivity index (χ1n) is 14.4. The molecule has 2 unspecified atom stereocenters. The first-order chi connectivity index (χ1) is 20.2. The van der Waals surface area contributed by atoms with Crippen LogP contribution in [0.4, 0.5) is 10.5 Å². The monoisotopic (exact) mass is 607 g/mol. The van der Waals surface area contributed by atoms with Crippen LogP contribution in [-0.2, 0) is 20.7 Å². The Morgan fingerprint density at radius 1 is 0.977 bits per heavy atom. The number of phenolic OH excluding ortho intramolecular Hbond substituents is 1. The zero-order valence-corrected chi connectivity index (χ0v) is 26.7. The predicted molar refractivity (Wildman–Crippen MR) is 170 cm³/mol. The zero-order chi connectivity index (χ0) is 31.9. The van der Waals surface area contributed by atoms with E-state index in [1.54, 1.807) is 45.0 Å². The summed E-state index contributed by atoms with van der Waals surface area (Å²) in [5.41, 5.74) is 3.71. The highest BCUT2D eigenvalue weighted by Gasteiger charge is 2.36. The molecule has 43 heavy (non-hydrogen) atoms. The van der Waals surface area contributed by atoms with Crippen molar-refractivity contribution in [3.8, 4) is 5.75 Å². The smallest absolute Gasteiger partial charge is 0.408 e. The molecule has 3 N–H and O–H groups in total. The summed E-state index contributed by atoms with van der Waals surface area (Å²) in [4.78, 5) is 43.1. The number of rotatable bonds is 10. The molecule has 8 nitrogen and oxygen atoms in total. The fourth-order valence-corrected chi connectivity index (χ4v) is 5.22. The van der Waals surface area contributed by atoms with Crippen LogP contribution in [0.5, 0.6) is 5.75 Å². The van der Waals surface area contributed by atoms with Crippen molar-refractivity contribution in [1.29, 1.82) is 0 Å². The normalized spacial score (nSPS) is 12.7. The van der Waals surface area contributed by atoms with E-state index < -0.39 is 35.6 Å². The number of benzene rings is 3. The number of alkyl carbamates (subject to hydrolysis) is 1. The van der Waals surface area contributed by atoms with Crippen LogP contribution in [0.15, 0.2) is 60.7 Å². The third-order valence-corrected chi connectivity index (χ3v) is 7.02. The Morgan fingerprint density at radius 2 is 1.60 bits per heavy atom. The van der Waals surface area contributed by atoms with Crippen molar-refractivity contribution in [3.63, 3.8) is 0 Å². The summed E-state index contributed by atoms with van der Waals surface area (Å²) in [5.74, 6) is -0.791. The molecule has 3 aromatic carbocycles. The number of halogens is 1. The number of hydrogen-bond acceptors (Lipinski definition) is 5. The molecule has 0 fully saturated rings. The highest BCUT2D eigenvalue weighted by atomic mass is 35.5. The summed E-state index contributed by atoms with van der Waals surface area (Å²) < 4.78 is 5.49. The maximum Gasteiger partial charge on any atom is 0.408 e. The highest BCUT2D eigenvalue weighted by molar-refractivity contribution is 6.34. The standard InChI is InChI=1S/C34H42ClN3O5/c1-8-16-38(32(41)28(36-33(42)43-34(5,6)7)20-24-12-14-26(39)15-13-24)30(25-18-21(2)17-22(3)19-25)31(40)37-29-23(4)10-9-11-27(29)35/h9-15,17-19,28,30,39H,8,16,20H2,1-7H3,(H,36,42)(H,37,40). The molecule has 0 heterocycles. The van der Waals surface area contributed by atoms with Crippen LogP contribution in [0.25, 0.3) is 0 Å². The SMILES string of the molecule is CCCN(C(=O)C(Cc1ccc(O)cc1)NC(=O)OC(C)(C)C)C(C(=O)Nc1c(C)cccc1Cl)c1cc(C)cc(C)c1. The highest BCUT2D eigenvalue weighted by Crippen LogP contribution is 2.30. The Bertz CT molecular complexity index is 1410. The molecule has 3 aromatic rings. The summed E-state index contributed by atoms with van der Waals surface area (Å²) >= 11 is 6.47. The second-order valence-corrected chi connectivity index (χ2v) is 12.3. The van der Waals surface area contributed by atoms with Gasteiger partial charge in [0.15, 0.2) is 0 Å². The third-order valence-electron chi connectivity index (χ3n) is 6.70. The Labute approximate surface area is 259 Å². The van der Waals surface area contributed by atoms with Gasteiger partial charge < -0.3 is 25.4 Å². The Balaban J connectivity index is 2.10. The molecule has 0 spiro atoms. The van der Waals surface area contributed by atoms with Crippen molar-refractivity contribution < 1.29 is 24.2 Å². The topological polar surface area (TPSA) is 108 Å². The summed E-state index contributed by atoms with van der Waals surface area (Å²) in [7, 11) is 0. The first kappa shape index (κ1) is 33.5. The number of carbonyl (C=O) groups excluding carboxylic acids is 3. The van der Waals surface area contributed by atoms with Gasteiger partial charge in [-0.2, -0.15) is 0 Å². The molecular formula is C34H42ClN3O5. The second-order valence-electron chi connectivity index (χ2n) is 11.8. The summed E-state index contributed by atoms with van der Waals surface area (Å²) in [5, 5.41) is 15.9. The summed E-state index contributed by atoms with van der Waals surface area (Å²) in [6, 6.07) is 15.5. The Morgan fingerprint density at radius 3 is 2.16 bits per heavy atom. The summed E-state index contributed by atoms with van der Waals surface area (Å²) in [6.07, 6.45) is -0.0761. The van der Waals surface area contributed by atoms with Gasteiger partial charge in [-0.05, 0) is 82.9 Å². The van der Waals surface area contributed by atoms with E-state index in [0.717, 1.165) is 16.7 Å². The van der Waals surface area contributed by atoms with Gasteiger partial charge in [-0.15, -0.1) is 0 Å². The van der Waals surface area contributed by atoms with Crippen molar-refractivity contribution in [2.24, 2.45) is 0 Å². The minimum Gasteiger partial charge on any atom is -0.508 e.